The molecule has 0 saturated carbocycles. The summed E-state index contributed by atoms with van der Waals surface area (Å²) in [5, 5.41) is 22.1. The molecule has 7 nitrogen and oxygen atoms in total. The van der Waals surface area contributed by atoms with Gasteiger partial charge in [-0.3, -0.25) is 14.5 Å². The van der Waals surface area contributed by atoms with E-state index in [0.29, 0.717) is 19.4 Å². The second kappa shape index (κ2) is 8.16. The molecule has 0 aliphatic carbocycles. The van der Waals surface area contributed by atoms with Crippen LogP contribution in [0.2, 0.25) is 0 Å². The van der Waals surface area contributed by atoms with Crippen LogP contribution >= 0.6 is 0 Å². The number of likely N-dealkylation sites (tertiary alicyclic amines) is 1. The van der Waals surface area contributed by atoms with E-state index in [1.54, 1.807) is 6.07 Å². The Balaban J connectivity index is 1.37. The highest BCUT2D eigenvalue weighted by molar-refractivity contribution is 5.93. The minimum absolute atomic E-state index is 0.0413. The Bertz CT molecular complexity index is 1150. The highest BCUT2D eigenvalue weighted by Gasteiger charge is 2.23. The van der Waals surface area contributed by atoms with Crippen LogP contribution in [0.5, 0.6) is 11.5 Å². The molecule has 0 atom stereocenters. The maximum atomic E-state index is 13.4. The van der Waals surface area contributed by atoms with E-state index < -0.39 is 17.2 Å². The molecule has 1 amide bonds. The molecule has 1 aliphatic heterocycles. The van der Waals surface area contributed by atoms with Gasteiger partial charge >= 0.3 is 0 Å². The van der Waals surface area contributed by atoms with E-state index in [-0.39, 0.29) is 34.3 Å². The Morgan fingerprint density at radius 2 is 1.87 bits per heavy atom. The highest BCUT2D eigenvalue weighted by Crippen LogP contribution is 2.26. The molecule has 4 rings (SSSR count). The van der Waals surface area contributed by atoms with Crippen LogP contribution < -0.4 is 10.7 Å². The van der Waals surface area contributed by atoms with Gasteiger partial charge in [-0.2, -0.15) is 0 Å². The molecule has 1 fully saturated rings. The average molecular weight is 412 g/mol. The molecule has 8 heteroatoms. The number of fused-ring (bicyclic) bond motifs is 1. The summed E-state index contributed by atoms with van der Waals surface area (Å²) in [6, 6.07) is 9.40. The van der Waals surface area contributed by atoms with Crippen molar-refractivity contribution in [1.82, 2.24) is 10.2 Å². The number of amides is 1. The molecule has 0 spiro atoms. The van der Waals surface area contributed by atoms with Gasteiger partial charge in [0, 0.05) is 37.8 Å². The normalized spacial score (nSPS) is 15.4. The monoisotopic (exact) mass is 412 g/mol. The summed E-state index contributed by atoms with van der Waals surface area (Å²) in [6.45, 7) is 2.10. The van der Waals surface area contributed by atoms with Gasteiger partial charge in [0.1, 0.15) is 11.4 Å². The van der Waals surface area contributed by atoms with Gasteiger partial charge in [-0.25, -0.2) is 4.39 Å². The van der Waals surface area contributed by atoms with Gasteiger partial charge in [0.2, 0.25) is 0 Å². The van der Waals surface area contributed by atoms with Crippen LogP contribution in [0, 0.1) is 5.82 Å². The summed E-state index contributed by atoms with van der Waals surface area (Å²) in [5.74, 6) is -1.48. The third kappa shape index (κ3) is 4.28. The Morgan fingerprint density at radius 3 is 2.60 bits per heavy atom. The number of carbonyl (C=O) groups is 1. The van der Waals surface area contributed by atoms with Crippen LogP contribution in [0.15, 0.2) is 51.7 Å². The third-order valence-corrected chi connectivity index (χ3v) is 5.28. The van der Waals surface area contributed by atoms with Crippen LogP contribution in [0.3, 0.4) is 0 Å². The van der Waals surface area contributed by atoms with Crippen molar-refractivity contribution in [3.63, 3.8) is 0 Å². The maximum Gasteiger partial charge on any atom is 0.287 e. The van der Waals surface area contributed by atoms with E-state index in [1.807, 2.05) is 0 Å². The van der Waals surface area contributed by atoms with E-state index in [4.69, 9.17) is 4.42 Å². The van der Waals surface area contributed by atoms with Gasteiger partial charge in [0.15, 0.2) is 22.7 Å². The number of halogens is 1. The fraction of sp³-hybridized carbons (Fsp3) is 0.273. The minimum Gasteiger partial charge on any atom is -0.504 e. The van der Waals surface area contributed by atoms with E-state index in [2.05, 4.69) is 10.2 Å². The molecule has 0 bridgehead atoms. The van der Waals surface area contributed by atoms with Crippen LogP contribution in [-0.4, -0.2) is 40.2 Å². The Morgan fingerprint density at radius 1 is 1.10 bits per heavy atom. The first-order valence-electron chi connectivity index (χ1n) is 9.66. The predicted octanol–water partition coefficient (Wildman–Crippen LogP) is 2.74. The molecule has 0 unspecified atom stereocenters. The molecule has 0 radical (unpaired) electrons. The number of aromatic hydroxyl groups is 2. The lowest BCUT2D eigenvalue weighted by molar-refractivity contribution is 0.0881. The lowest BCUT2D eigenvalue weighted by atomic mass is 10.0. The Labute approximate surface area is 171 Å². The molecular weight excluding hydrogens is 391 g/mol. The average Bonchev–Trinajstić information content (AvgIpc) is 2.71. The number of carbonyl (C=O) groups excluding carboxylic acids is 1. The summed E-state index contributed by atoms with van der Waals surface area (Å²) < 4.78 is 18.9. The quantitative estimate of drug-likeness (QED) is 0.570. The number of phenolic OH excluding ortho intramolecular Hbond substituents is 2. The van der Waals surface area contributed by atoms with Crippen molar-refractivity contribution in [3.05, 3.63) is 69.8 Å². The summed E-state index contributed by atoms with van der Waals surface area (Å²) in [5.41, 5.74) is 0.533. The number of phenols is 2. The van der Waals surface area contributed by atoms with Crippen molar-refractivity contribution < 1.29 is 23.8 Å². The van der Waals surface area contributed by atoms with Crippen molar-refractivity contribution in [2.45, 2.75) is 25.4 Å². The van der Waals surface area contributed by atoms with E-state index >= 15 is 0 Å². The molecule has 3 N–H and O–H groups in total. The zero-order valence-electron chi connectivity index (χ0n) is 16.1. The van der Waals surface area contributed by atoms with Crippen LogP contribution in [0.1, 0.15) is 29.0 Å². The van der Waals surface area contributed by atoms with Gasteiger partial charge in [0.25, 0.3) is 5.91 Å². The minimum atomic E-state index is -0.544. The SMILES string of the molecule is O=C(NC1CCN(Cc2ccc(O)c(O)c2)CC1)c1cc(=O)c2ccc(F)cc2o1. The second-order valence-electron chi connectivity index (χ2n) is 7.46. The Hall–Kier alpha value is -3.39. The zero-order valence-corrected chi connectivity index (χ0v) is 16.1. The summed E-state index contributed by atoms with van der Waals surface area (Å²) in [6.07, 6.45) is 1.42. The number of benzene rings is 2. The van der Waals surface area contributed by atoms with Crippen molar-refractivity contribution in [1.29, 1.82) is 0 Å². The maximum absolute atomic E-state index is 13.4. The first-order chi connectivity index (χ1) is 14.4. The fourth-order valence-electron chi connectivity index (χ4n) is 3.66. The smallest absolute Gasteiger partial charge is 0.287 e. The number of nitrogens with zero attached hydrogens (tertiary/aromatic N) is 1. The first kappa shape index (κ1) is 19.9. The first-order valence-corrected chi connectivity index (χ1v) is 9.66. The molecule has 1 aliphatic rings. The lowest BCUT2D eigenvalue weighted by Gasteiger charge is -2.32. The number of hydrogen-bond donors (Lipinski definition) is 3. The lowest BCUT2D eigenvalue weighted by Crippen LogP contribution is -2.44. The fourth-order valence-corrected chi connectivity index (χ4v) is 3.66. The molecule has 1 aromatic heterocycles. The van der Waals surface area contributed by atoms with Gasteiger partial charge in [-0.1, -0.05) is 6.07 Å². The molecule has 30 heavy (non-hydrogen) atoms. The molecule has 2 heterocycles. The van der Waals surface area contributed by atoms with Crippen molar-refractivity contribution in [3.8, 4) is 11.5 Å². The van der Waals surface area contributed by atoms with Crippen molar-refractivity contribution in [2.24, 2.45) is 0 Å². The Kier molecular flexibility index (Phi) is 5.41. The topological polar surface area (TPSA) is 103 Å². The standard InChI is InChI=1S/C22H21FN2O5/c23-14-2-3-16-18(27)11-21(30-20(16)10-14)22(29)24-15-5-7-25(8-6-15)12-13-1-4-17(26)19(28)9-13/h1-4,9-11,15,26,28H,5-8,12H2,(H,24,29). The molecule has 1 saturated heterocycles. The van der Waals surface area contributed by atoms with E-state index in [1.165, 1.54) is 24.3 Å². The van der Waals surface area contributed by atoms with Crippen molar-refractivity contribution in [2.75, 3.05) is 13.1 Å². The number of hydrogen-bond acceptors (Lipinski definition) is 6. The van der Waals surface area contributed by atoms with E-state index in [9.17, 15) is 24.2 Å². The zero-order chi connectivity index (χ0) is 21.3. The van der Waals surface area contributed by atoms with Gasteiger partial charge in [-0.05, 0) is 42.7 Å². The number of rotatable bonds is 4. The second-order valence-corrected chi connectivity index (χ2v) is 7.46. The van der Waals surface area contributed by atoms with Gasteiger partial charge in [0.05, 0.1) is 5.39 Å². The number of piperidine rings is 1. The molecule has 2 aromatic carbocycles. The van der Waals surface area contributed by atoms with Crippen LogP contribution in [-0.2, 0) is 6.54 Å². The van der Waals surface area contributed by atoms with E-state index in [0.717, 1.165) is 30.8 Å². The largest absolute Gasteiger partial charge is 0.504 e. The number of nitrogens with one attached hydrogen (secondary N) is 1. The molecule has 156 valence electrons. The summed E-state index contributed by atoms with van der Waals surface area (Å²) in [4.78, 5) is 26.9. The summed E-state index contributed by atoms with van der Waals surface area (Å²) >= 11 is 0. The van der Waals surface area contributed by atoms with Gasteiger partial charge < -0.3 is 19.9 Å². The third-order valence-electron chi connectivity index (χ3n) is 5.28. The molecule has 3 aromatic rings. The molecular formula is C22H21FN2O5. The van der Waals surface area contributed by atoms with Gasteiger partial charge in [-0.15, -0.1) is 0 Å². The predicted molar refractivity (Wildman–Crippen MR) is 108 cm³/mol. The highest BCUT2D eigenvalue weighted by atomic mass is 19.1. The summed E-state index contributed by atoms with van der Waals surface area (Å²) in [7, 11) is 0. The van der Waals surface area contributed by atoms with Crippen molar-refractivity contribution >= 4 is 16.9 Å². The van der Waals surface area contributed by atoms with Crippen LogP contribution in [0.25, 0.3) is 11.0 Å². The van der Waals surface area contributed by atoms with Crippen LogP contribution in [0.4, 0.5) is 4.39 Å².